The summed E-state index contributed by atoms with van der Waals surface area (Å²) in [5, 5.41) is 21.1. The van der Waals surface area contributed by atoms with Crippen LogP contribution >= 0.6 is 0 Å². The quantitative estimate of drug-likeness (QED) is 0.103. The Bertz CT molecular complexity index is 2440. The molecule has 2 N–H and O–H groups in total. The van der Waals surface area contributed by atoms with Gasteiger partial charge in [0, 0.05) is 65.4 Å². The average molecular weight is 1120 g/mol. The summed E-state index contributed by atoms with van der Waals surface area (Å²) in [5.74, 6) is -0.125. The fourth-order valence-electron chi connectivity index (χ4n) is 6.14. The molecule has 7 nitrogen and oxygen atoms in total. The molecule has 0 fully saturated rings. The number of pyridine rings is 2. The van der Waals surface area contributed by atoms with Crippen LogP contribution in [0, 0.1) is 12.1 Å². The maximum atomic E-state index is 10.0. The van der Waals surface area contributed by atoms with E-state index in [1.165, 1.54) is 51.0 Å². The molecule has 0 atom stereocenters. The number of hydrogen-bond donors (Lipinski definition) is 2. The summed E-state index contributed by atoms with van der Waals surface area (Å²) in [4.78, 5) is 30.1. The summed E-state index contributed by atoms with van der Waals surface area (Å²) in [7, 11) is 0. The van der Waals surface area contributed by atoms with Gasteiger partial charge in [-0.25, -0.2) is 0 Å². The molecule has 0 saturated carbocycles. The van der Waals surface area contributed by atoms with E-state index >= 15 is 0 Å². The zero-order chi connectivity index (χ0) is 40.2. The number of ketones is 2. The Kier molecular flexibility index (Phi) is 15.7. The van der Waals surface area contributed by atoms with Gasteiger partial charge in [-0.3, -0.25) is 19.6 Å². The van der Waals surface area contributed by atoms with Crippen molar-refractivity contribution in [2.45, 2.75) is 80.1 Å². The first kappa shape index (κ1) is 46.7. The van der Waals surface area contributed by atoms with Crippen LogP contribution in [0.4, 0.5) is 0 Å². The van der Waals surface area contributed by atoms with E-state index in [1.54, 1.807) is 0 Å². The number of nitrogens with zero attached hydrogens (tertiary/aromatic N) is 2. The number of aliphatic hydroxyl groups excluding tert-OH is 2. The van der Waals surface area contributed by atoms with Crippen LogP contribution in [0.2, 0.25) is 0 Å². The third kappa shape index (κ3) is 11.7. The molecule has 4 aromatic carbocycles. The molecule has 0 aliphatic carbocycles. The number of carbonyl (C=O) groups is 2. The molecule has 3 heterocycles. The van der Waals surface area contributed by atoms with E-state index in [1.807, 2.05) is 12.1 Å². The zero-order valence-corrected chi connectivity index (χ0v) is 38.4. The first-order valence-electron chi connectivity index (χ1n) is 18.2. The Morgan fingerprint density at radius 1 is 0.579 bits per heavy atom. The number of rotatable bonds is 4. The second kappa shape index (κ2) is 19.2. The van der Waals surface area contributed by atoms with Crippen LogP contribution in [0.5, 0.6) is 0 Å². The molecular formula is C48H48N2O5Pt2-2. The maximum absolute atomic E-state index is 10.0. The van der Waals surface area contributed by atoms with Crippen LogP contribution in [-0.4, -0.2) is 31.7 Å². The Morgan fingerprint density at radius 2 is 0.947 bits per heavy atom. The third-order valence-corrected chi connectivity index (χ3v) is 8.84. The number of benzene rings is 4. The number of furan rings is 1. The summed E-state index contributed by atoms with van der Waals surface area (Å²) < 4.78 is 6.63. The topological polar surface area (TPSA) is 114 Å². The monoisotopic (exact) mass is 1120 g/mol. The van der Waals surface area contributed by atoms with Crippen molar-refractivity contribution in [2.24, 2.45) is 0 Å². The molecule has 0 radical (unpaired) electrons. The van der Waals surface area contributed by atoms with E-state index in [9.17, 15) is 9.59 Å². The minimum atomic E-state index is -0.125. The summed E-state index contributed by atoms with van der Waals surface area (Å²) >= 11 is 0. The van der Waals surface area contributed by atoms with Gasteiger partial charge in [-0.2, -0.15) is 0 Å². The van der Waals surface area contributed by atoms with Gasteiger partial charge in [0.2, 0.25) is 0 Å². The average Bonchev–Trinajstić information content (AvgIpc) is 3.48. The van der Waals surface area contributed by atoms with Gasteiger partial charge < -0.3 is 14.6 Å². The first-order chi connectivity index (χ1) is 25.8. The SMILES string of the molecule is CC(=O)/C=C(/C)O.CC(=O)/C=C(/C)O.CC(C)(C)c1ccc2nc(-c3[c-]ccc4c3oc3c(-c5ccc6cc(C(C)(C)C)ccc6n5)[c-]ccc34)ccc2c1.[Pt].[Pt]. The Hall–Kier alpha value is -4.70. The van der Waals surface area contributed by atoms with Crippen molar-refractivity contribution in [1.82, 2.24) is 9.97 Å². The van der Waals surface area contributed by atoms with Crippen molar-refractivity contribution >= 4 is 55.3 Å². The van der Waals surface area contributed by atoms with Crippen LogP contribution < -0.4 is 0 Å². The molecule has 302 valence electrons. The molecule has 3 aromatic heterocycles. The molecule has 0 aliphatic rings. The fourth-order valence-corrected chi connectivity index (χ4v) is 6.14. The first-order valence-corrected chi connectivity index (χ1v) is 18.2. The molecular weight excluding hydrogens is 1070 g/mol. The van der Waals surface area contributed by atoms with Gasteiger partial charge in [0.05, 0.1) is 22.6 Å². The van der Waals surface area contributed by atoms with Crippen molar-refractivity contribution in [1.29, 1.82) is 0 Å². The van der Waals surface area contributed by atoms with Gasteiger partial charge in [0.1, 0.15) is 0 Å². The summed E-state index contributed by atoms with van der Waals surface area (Å²) in [6.07, 6.45) is 2.33. The minimum absolute atomic E-state index is 0. The number of fused-ring (bicyclic) bond motifs is 5. The standard InChI is InChI=1S/C38H32N2O.2C5H8O2.2Pt/c1-37(2,3)25-15-19-31-23(21-25)13-17-33(39-31)29-11-7-9-27-28-10-8-12-30(36(28)41-35(27)29)34-18-14-24-22-26(38(4,5)6)16-20-32(24)40-34;2*1-4(6)3-5(2)7;;/h7-10,13-22H,1-6H3;2*3,6H,1-2H3;;/q-2;;;;/b;2*4-3-;;. The van der Waals surface area contributed by atoms with Crippen molar-refractivity contribution < 1.29 is 66.3 Å². The van der Waals surface area contributed by atoms with Crippen molar-refractivity contribution in [3.05, 3.63) is 132 Å². The second-order valence-corrected chi connectivity index (χ2v) is 15.8. The molecule has 7 aromatic rings. The van der Waals surface area contributed by atoms with Gasteiger partial charge in [0.15, 0.2) is 11.6 Å². The van der Waals surface area contributed by atoms with E-state index in [2.05, 4.69) is 126 Å². The van der Waals surface area contributed by atoms with Gasteiger partial charge >= 0.3 is 0 Å². The largest absolute Gasteiger partial charge is 0.545 e. The fraction of sp³-hybridized carbons (Fsp3) is 0.250. The predicted molar refractivity (Wildman–Crippen MR) is 224 cm³/mol. The third-order valence-electron chi connectivity index (χ3n) is 8.84. The Labute approximate surface area is 363 Å². The van der Waals surface area contributed by atoms with Crippen LogP contribution in [0.15, 0.2) is 113 Å². The minimum Gasteiger partial charge on any atom is -0.545 e. The number of aromatic nitrogens is 2. The van der Waals surface area contributed by atoms with Crippen molar-refractivity contribution in [3.8, 4) is 22.5 Å². The number of carbonyl (C=O) groups excluding carboxylic acids is 2. The van der Waals surface area contributed by atoms with Crippen LogP contribution in [0.1, 0.15) is 80.4 Å². The summed E-state index contributed by atoms with van der Waals surface area (Å²) in [5.41, 5.74) is 9.63. The van der Waals surface area contributed by atoms with Crippen LogP contribution in [0.3, 0.4) is 0 Å². The van der Waals surface area contributed by atoms with E-state index < -0.39 is 0 Å². The number of hydrogen-bond acceptors (Lipinski definition) is 7. The molecule has 0 spiro atoms. The molecule has 0 amide bonds. The van der Waals surface area contributed by atoms with Gasteiger partial charge in [0.25, 0.3) is 0 Å². The number of allylic oxidation sites excluding steroid dienone is 4. The maximum Gasteiger partial charge on any atom is 0.155 e. The van der Waals surface area contributed by atoms with Gasteiger partial charge in [-0.05, 0) is 96.1 Å². The van der Waals surface area contributed by atoms with E-state index in [4.69, 9.17) is 24.6 Å². The van der Waals surface area contributed by atoms with E-state index in [0.717, 1.165) is 66.3 Å². The molecule has 0 bridgehead atoms. The Morgan fingerprint density at radius 3 is 1.25 bits per heavy atom. The van der Waals surface area contributed by atoms with Gasteiger partial charge in [-0.15, -0.1) is 36.4 Å². The zero-order valence-electron chi connectivity index (χ0n) is 33.9. The summed E-state index contributed by atoms with van der Waals surface area (Å²) in [6, 6.07) is 36.3. The molecule has 7 rings (SSSR count). The van der Waals surface area contributed by atoms with Crippen LogP contribution in [0.25, 0.3) is 66.3 Å². The summed E-state index contributed by atoms with van der Waals surface area (Å²) in [6.45, 7) is 19.1. The van der Waals surface area contributed by atoms with Crippen molar-refractivity contribution in [2.75, 3.05) is 0 Å². The normalized spacial score (nSPS) is 11.9. The smallest absolute Gasteiger partial charge is 0.155 e. The molecule has 0 saturated heterocycles. The van der Waals surface area contributed by atoms with E-state index in [0.29, 0.717) is 0 Å². The molecule has 9 heteroatoms. The number of aliphatic hydroxyl groups is 2. The Balaban J connectivity index is 0.000000469. The van der Waals surface area contributed by atoms with Gasteiger partial charge in [-0.1, -0.05) is 99.8 Å². The van der Waals surface area contributed by atoms with E-state index in [-0.39, 0.29) is 76.0 Å². The molecule has 0 aliphatic heterocycles. The molecule has 57 heavy (non-hydrogen) atoms. The van der Waals surface area contributed by atoms with Crippen molar-refractivity contribution in [3.63, 3.8) is 0 Å². The second-order valence-electron chi connectivity index (χ2n) is 15.8. The predicted octanol–water partition coefficient (Wildman–Crippen LogP) is 12.3. The molecule has 0 unspecified atom stereocenters. The van der Waals surface area contributed by atoms with Crippen LogP contribution in [-0.2, 0) is 62.5 Å².